The fourth-order valence-electron chi connectivity index (χ4n) is 2.07. The van der Waals surface area contributed by atoms with Crippen molar-refractivity contribution in [1.29, 1.82) is 0 Å². The van der Waals surface area contributed by atoms with E-state index in [2.05, 4.69) is 35.6 Å². The molecule has 1 unspecified atom stereocenters. The van der Waals surface area contributed by atoms with Gasteiger partial charge in [0.15, 0.2) is 0 Å². The van der Waals surface area contributed by atoms with Gasteiger partial charge in [-0.2, -0.15) is 0 Å². The van der Waals surface area contributed by atoms with Gasteiger partial charge in [-0.15, -0.1) is 0 Å². The van der Waals surface area contributed by atoms with Crippen LogP contribution in [0.4, 0.5) is 0 Å². The van der Waals surface area contributed by atoms with E-state index in [1.54, 1.807) is 0 Å². The molecule has 0 aliphatic carbocycles. The van der Waals surface area contributed by atoms with Crippen LogP contribution in [-0.4, -0.2) is 19.0 Å². The van der Waals surface area contributed by atoms with E-state index in [1.165, 1.54) is 23.3 Å². The van der Waals surface area contributed by atoms with Crippen LogP contribution >= 0.6 is 0 Å². The maximum absolute atomic E-state index is 11.0. The van der Waals surface area contributed by atoms with Gasteiger partial charge in [-0.25, -0.2) is 0 Å². The fraction of sp³-hybridized carbons (Fsp3) is 0.267. The Bertz CT molecular complexity index is 551. The van der Waals surface area contributed by atoms with Crippen molar-refractivity contribution in [3.8, 4) is 0 Å². The predicted octanol–water partition coefficient (Wildman–Crippen LogP) is 2.02. The summed E-state index contributed by atoms with van der Waals surface area (Å²) >= 11 is 0. The van der Waals surface area contributed by atoms with Crippen LogP contribution in [0.1, 0.15) is 18.4 Å². The van der Waals surface area contributed by atoms with E-state index in [-0.39, 0.29) is 11.8 Å². The summed E-state index contributed by atoms with van der Waals surface area (Å²) in [7, 11) is 0. The molecular weight excluding hydrogens is 224 g/mol. The number of carbonyl (C=O) groups excluding carboxylic acids is 1. The van der Waals surface area contributed by atoms with Gasteiger partial charge < -0.3 is 11.1 Å². The predicted molar refractivity (Wildman–Crippen MR) is 74.4 cm³/mol. The molecule has 3 nitrogen and oxygen atoms in total. The lowest BCUT2D eigenvalue weighted by atomic mass is 9.96. The van der Waals surface area contributed by atoms with Crippen molar-refractivity contribution in [3.63, 3.8) is 0 Å². The summed E-state index contributed by atoms with van der Waals surface area (Å²) < 4.78 is 0. The minimum absolute atomic E-state index is 0.0192. The van der Waals surface area contributed by atoms with Gasteiger partial charge in [0.05, 0.1) is 0 Å². The highest BCUT2D eigenvalue weighted by molar-refractivity contribution is 5.83. The zero-order valence-electron chi connectivity index (χ0n) is 10.5. The van der Waals surface area contributed by atoms with Crippen molar-refractivity contribution in [1.82, 2.24) is 5.32 Å². The molecule has 1 amide bonds. The number of rotatable bonds is 4. The highest BCUT2D eigenvalue weighted by Gasteiger charge is 2.10. The molecule has 0 aromatic heterocycles. The normalized spacial score (nSPS) is 12.3. The van der Waals surface area contributed by atoms with Crippen LogP contribution in [0.25, 0.3) is 10.8 Å². The van der Waals surface area contributed by atoms with Crippen molar-refractivity contribution in [2.75, 3.05) is 13.1 Å². The summed E-state index contributed by atoms with van der Waals surface area (Å²) in [4.78, 5) is 11.0. The van der Waals surface area contributed by atoms with Gasteiger partial charge in [0.1, 0.15) is 0 Å². The number of nitrogens with one attached hydrogen (secondary N) is 1. The van der Waals surface area contributed by atoms with Gasteiger partial charge in [-0.1, -0.05) is 42.5 Å². The van der Waals surface area contributed by atoms with E-state index in [1.807, 2.05) is 12.1 Å². The Balaban J connectivity index is 2.24. The molecule has 0 radical (unpaired) electrons. The number of amides is 1. The van der Waals surface area contributed by atoms with E-state index in [0.717, 1.165) is 0 Å². The van der Waals surface area contributed by atoms with E-state index >= 15 is 0 Å². The molecule has 2 rings (SSSR count). The second-order valence-corrected chi connectivity index (χ2v) is 4.48. The highest BCUT2D eigenvalue weighted by Crippen LogP contribution is 2.20. The Hall–Kier alpha value is -1.87. The molecule has 18 heavy (non-hydrogen) atoms. The number of carbonyl (C=O) groups is 1. The first-order valence-electron chi connectivity index (χ1n) is 6.14. The van der Waals surface area contributed by atoms with E-state index in [9.17, 15) is 4.79 Å². The lowest BCUT2D eigenvalue weighted by Crippen LogP contribution is -2.29. The molecular formula is C15H18N2O. The molecule has 94 valence electrons. The fourth-order valence-corrected chi connectivity index (χ4v) is 2.07. The average molecular weight is 242 g/mol. The third kappa shape index (κ3) is 2.87. The van der Waals surface area contributed by atoms with E-state index in [4.69, 9.17) is 5.73 Å². The Morgan fingerprint density at radius 3 is 2.61 bits per heavy atom. The van der Waals surface area contributed by atoms with Gasteiger partial charge in [0.2, 0.25) is 5.91 Å². The smallest absolute Gasteiger partial charge is 0.216 e. The molecule has 0 fully saturated rings. The third-order valence-electron chi connectivity index (χ3n) is 3.13. The molecule has 2 aromatic carbocycles. The van der Waals surface area contributed by atoms with Crippen molar-refractivity contribution in [2.45, 2.75) is 12.8 Å². The number of benzene rings is 2. The second kappa shape index (κ2) is 5.65. The van der Waals surface area contributed by atoms with Gasteiger partial charge in [0.25, 0.3) is 0 Å². The largest absolute Gasteiger partial charge is 0.356 e. The first kappa shape index (κ1) is 12.6. The molecule has 3 heteroatoms. The van der Waals surface area contributed by atoms with Crippen LogP contribution in [0.15, 0.2) is 42.5 Å². The number of hydrogen-bond donors (Lipinski definition) is 2. The lowest BCUT2D eigenvalue weighted by molar-refractivity contribution is -0.119. The minimum atomic E-state index is -0.0192. The molecule has 0 aliphatic heterocycles. The average Bonchev–Trinajstić information content (AvgIpc) is 2.39. The van der Waals surface area contributed by atoms with Crippen LogP contribution in [-0.2, 0) is 4.79 Å². The van der Waals surface area contributed by atoms with Crippen molar-refractivity contribution in [3.05, 3.63) is 48.0 Å². The van der Waals surface area contributed by atoms with Crippen LogP contribution in [0.3, 0.4) is 0 Å². The van der Waals surface area contributed by atoms with Crippen LogP contribution in [0, 0.1) is 0 Å². The topological polar surface area (TPSA) is 55.1 Å². The molecule has 1 atom stereocenters. The summed E-state index contributed by atoms with van der Waals surface area (Å²) in [5, 5.41) is 5.25. The maximum Gasteiger partial charge on any atom is 0.216 e. The van der Waals surface area contributed by atoms with Crippen molar-refractivity contribution >= 4 is 16.7 Å². The first-order chi connectivity index (χ1) is 8.70. The van der Waals surface area contributed by atoms with Crippen LogP contribution in [0.5, 0.6) is 0 Å². The zero-order chi connectivity index (χ0) is 13.0. The molecule has 0 saturated heterocycles. The first-order valence-corrected chi connectivity index (χ1v) is 6.14. The monoisotopic (exact) mass is 242 g/mol. The zero-order valence-corrected chi connectivity index (χ0v) is 10.5. The molecule has 0 bridgehead atoms. The third-order valence-corrected chi connectivity index (χ3v) is 3.13. The summed E-state index contributed by atoms with van der Waals surface area (Å²) in [5.74, 6) is 0.146. The van der Waals surface area contributed by atoms with Crippen LogP contribution in [0.2, 0.25) is 0 Å². The quantitative estimate of drug-likeness (QED) is 0.861. The second-order valence-electron chi connectivity index (χ2n) is 4.48. The van der Waals surface area contributed by atoms with Gasteiger partial charge in [-0.05, 0) is 16.3 Å². The van der Waals surface area contributed by atoms with Crippen LogP contribution < -0.4 is 11.1 Å². The standard InChI is InChI=1S/C15H18N2O/c1-11(18)17-10-15(9-16)14-7-6-12-4-2-3-5-13(12)8-14/h2-8,15H,9-10,16H2,1H3,(H,17,18). The molecule has 3 N–H and O–H groups in total. The van der Waals surface area contributed by atoms with Gasteiger partial charge >= 0.3 is 0 Å². The Kier molecular flexibility index (Phi) is 3.95. The number of nitrogens with two attached hydrogens (primary N) is 1. The summed E-state index contributed by atoms with van der Waals surface area (Å²) in [6.45, 7) is 2.64. The number of fused-ring (bicyclic) bond motifs is 1. The lowest BCUT2D eigenvalue weighted by Gasteiger charge is -2.16. The minimum Gasteiger partial charge on any atom is -0.356 e. The Labute approximate surface area is 107 Å². The van der Waals surface area contributed by atoms with Crippen molar-refractivity contribution in [2.24, 2.45) is 5.73 Å². The summed E-state index contributed by atoms with van der Waals surface area (Å²) in [6, 6.07) is 14.6. The summed E-state index contributed by atoms with van der Waals surface area (Å²) in [6.07, 6.45) is 0. The van der Waals surface area contributed by atoms with Gasteiger partial charge in [-0.3, -0.25) is 4.79 Å². The molecule has 0 saturated carbocycles. The molecule has 2 aromatic rings. The molecule has 0 heterocycles. The SMILES string of the molecule is CC(=O)NCC(CN)c1ccc2ccccc2c1. The maximum atomic E-state index is 11.0. The van der Waals surface area contributed by atoms with Crippen molar-refractivity contribution < 1.29 is 4.79 Å². The van der Waals surface area contributed by atoms with Gasteiger partial charge in [0, 0.05) is 25.9 Å². The summed E-state index contributed by atoms with van der Waals surface area (Å²) in [5.41, 5.74) is 6.96. The number of hydrogen-bond acceptors (Lipinski definition) is 2. The van der Waals surface area contributed by atoms with E-state index in [0.29, 0.717) is 13.1 Å². The molecule has 0 spiro atoms. The highest BCUT2D eigenvalue weighted by atomic mass is 16.1. The Morgan fingerprint density at radius 2 is 1.94 bits per heavy atom. The molecule has 0 aliphatic rings. The Morgan fingerprint density at radius 1 is 1.22 bits per heavy atom. The van der Waals surface area contributed by atoms with E-state index < -0.39 is 0 Å².